The maximum absolute atomic E-state index is 12.7. The first-order valence-corrected chi connectivity index (χ1v) is 5.70. The van der Waals surface area contributed by atoms with E-state index in [2.05, 4.69) is 25.5 Å². The second kappa shape index (κ2) is 4.22. The van der Waals surface area contributed by atoms with Crippen LogP contribution in [0.5, 0.6) is 0 Å². The van der Waals surface area contributed by atoms with Crippen LogP contribution in [0.25, 0.3) is 0 Å². The Morgan fingerprint density at radius 3 is 2.74 bits per heavy atom. The minimum Gasteiger partial charge on any atom is -0.321 e. The third-order valence-corrected chi connectivity index (χ3v) is 2.96. The molecule has 3 rings (SSSR count). The van der Waals surface area contributed by atoms with Gasteiger partial charge in [0.05, 0.1) is 11.9 Å². The molecular weight excluding hydrogens is 259 g/mol. The minimum absolute atomic E-state index is 0.209. The summed E-state index contributed by atoms with van der Waals surface area (Å²) in [4.78, 5) is 7.55. The van der Waals surface area contributed by atoms with Gasteiger partial charge in [0.15, 0.2) is 0 Å². The summed E-state index contributed by atoms with van der Waals surface area (Å²) in [6.45, 7) is 0. The molecule has 2 heterocycles. The first kappa shape index (κ1) is 11.9. The van der Waals surface area contributed by atoms with Crippen molar-refractivity contribution in [2.75, 3.05) is 5.32 Å². The summed E-state index contributed by atoms with van der Waals surface area (Å²) in [6.07, 6.45) is 0.877. The average Bonchev–Trinajstić information content (AvgIpc) is 2.77. The van der Waals surface area contributed by atoms with E-state index in [4.69, 9.17) is 0 Å². The van der Waals surface area contributed by atoms with Gasteiger partial charge in [-0.2, -0.15) is 9.37 Å². The first-order valence-electron chi connectivity index (χ1n) is 5.70. The zero-order valence-electron chi connectivity index (χ0n) is 9.70. The van der Waals surface area contributed by atoms with Gasteiger partial charge in [-0.05, 0) is 12.1 Å². The fourth-order valence-corrected chi connectivity index (χ4v) is 1.95. The average molecular weight is 269 g/mol. The van der Waals surface area contributed by atoms with E-state index in [1.54, 1.807) is 0 Å². The van der Waals surface area contributed by atoms with Crippen LogP contribution in [-0.4, -0.2) is 26.1 Å². The van der Waals surface area contributed by atoms with Crippen molar-refractivity contribution >= 4 is 11.6 Å². The van der Waals surface area contributed by atoms with E-state index in [1.807, 2.05) is 0 Å². The van der Waals surface area contributed by atoms with Crippen molar-refractivity contribution in [1.29, 1.82) is 0 Å². The number of aromatic nitrogens is 4. The van der Waals surface area contributed by atoms with Crippen LogP contribution in [0.2, 0.25) is 0 Å². The van der Waals surface area contributed by atoms with E-state index >= 15 is 0 Å². The van der Waals surface area contributed by atoms with Crippen molar-refractivity contribution < 1.29 is 13.2 Å². The number of alkyl halides is 2. The highest BCUT2D eigenvalue weighted by Gasteiger charge is 2.47. The number of hydrogen-bond donors (Lipinski definition) is 2. The molecule has 0 aliphatic heterocycles. The van der Waals surface area contributed by atoms with Gasteiger partial charge in [0.2, 0.25) is 17.8 Å². The topological polar surface area (TPSA) is 66.5 Å². The van der Waals surface area contributed by atoms with Gasteiger partial charge in [-0.25, -0.2) is 13.8 Å². The molecule has 1 aliphatic carbocycles. The van der Waals surface area contributed by atoms with Crippen LogP contribution in [-0.2, 0) is 0 Å². The second-order valence-electron chi connectivity index (χ2n) is 4.50. The van der Waals surface area contributed by atoms with Crippen molar-refractivity contribution in [2.24, 2.45) is 0 Å². The molecule has 19 heavy (non-hydrogen) atoms. The van der Waals surface area contributed by atoms with Crippen LogP contribution < -0.4 is 5.32 Å². The Hall–Kier alpha value is -2.12. The summed E-state index contributed by atoms with van der Waals surface area (Å²) >= 11 is 0. The van der Waals surface area contributed by atoms with Gasteiger partial charge in [-0.15, -0.1) is 5.10 Å². The summed E-state index contributed by atoms with van der Waals surface area (Å²) in [5.74, 6) is -2.78. The second-order valence-corrected chi connectivity index (χ2v) is 4.50. The highest BCUT2D eigenvalue weighted by molar-refractivity contribution is 5.50. The molecule has 0 spiro atoms. The van der Waals surface area contributed by atoms with E-state index in [1.165, 1.54) is 18.3 Å². The number of nitrogens with zero attached hydrogens (tertiary/aromatic N) is 3. The molecule has 1 aliphatic rings. The summed E-state index contributed by atoms with van der Waals surface area (Å²) < 4.78 is 38.1. The predicted octanol–water partition coefficient (Wildman–Crippen LogP) is 2.60. The van der Waals surface area contributed by atoms with E-state index in [0.29, 0.717) is 11.5 Å². The Bertz CT molecular complexity index is 572. The molecule has 1 fully saturated rings. The van der Waals surface area contributed by atoms with Gasteiger partial charge in [0.25, 0.3) is 0 Å². The number of anilines is 2. The van der Waals surface area contributed by atoms with Gasteiger partial charge < -0.3 is 5.32 Å². The van der Waals surface area contributed by atoms with E-state index < -0.39 is 11.9 Å². The van der Waals surface area contributed by atoms with Gasteiger partial charge in [-0.1, -0.05) is 0 Å². The number of nitrogens with one attached hydrogen (secondary N) is 2. The van der Waals surface area contributed by atoms with Crippen molar-refractivity contribution in [1.82, 2.24) is 20.2 Å². The largest absolute Gasteiger partial charge is 0.321 e. The molecule has 0 aromatic carbocycles. The monoisotopic (exact) mass is 269 g/mol. The van der Waals surface area contributed by atoms with Crippen molar-refractivity contribution in [3.8, 4) is 0 Å². The van der Waals surface area contributed by atoms with Gasteiger partial charge >= 0.3 is 0 Å². The molecule has 0 radical (unpaired) electrons. The number of aromatic amines is 1. The molecule has 0 bridgehead atoms. The first-order chi connectivity index (χ1) is 9.02. The molecule has 2 N–H and O–H groups in total. The third-order valence-electron chi connectivity index (χ3n) is 2.96. The smallest absolute Gasteiger partial charge is 0.249 e. The van der Waals surface area contributed by atoms with Crippen LogP contribution in [0.1, 0.15) is 24.6 Å². The Morgan fingerprint density at radius 2 is 2.11 bits per heavy atom. The van der Waals surface area contributed by atoms with Gasteiger partial charge in [0, 0.05) is 18.8 Å². The SMILES string of the molecule is Fc1ccc(Nc2n[nH]c(C3CC(F)(F)C3)n2)cn1. The maximum Gasteiger partial charge on any atom is 0.249 e. The Morgan fingerprint density at radius 1 is 1.32 bits per heavy atom. The summed E-state index contributed by atoms with van der Waals surface area (Å²) in [5.41, 5.74) is 0.519. The quantitative estimate of drug-likeness (QED) is 0.840. The maximum atomic E-state index is 12.7. The lowest BCUT2D eigenvalue weighted by Gasteiger charge is -2.32. The lowest BCUT2D eigenvalue weighted by atomic mass is 9.81. The molecule has 0 unspecified atom stereocenters. The molecule has 1 saturated carbocycles. The molecule has 2 aromatic heterocycles. The fourth-order valence-electron chi connectivity index (χ4n) is 1.95. The van der Waals surface area contributed by atoms with Crippen LogP contribution >= 0.6 is 0 Å². The molecule has 5 nitrogen and oxygen atoms in total. The van der Waals surface area contributed by atoms with Crippen LogP contribution in [0.4, 0.5) is 24.8 Å². The van der Waals surface area contributed by atoms with Crippen molar-refractivity contribution in [2.45, 2.75) is 24.7 Å². The standard InChI is InChI=1S/C11H10F3N5/c12-8-2-1-7(5-15-8)16-10-17-9(18-19-10)6-3-11(13,14)4-6/h1-2,5-6H,3-4H2,(H2,16,17,18,19). The third kappa shape index (κ3) is 2.51. The zero-order valence-corrected chi connectivity index (χ0v) is 9.70. The van der Waals surface area contributed by atoms with E-state index in [9.17, 15) is 13.2 Å². The minimum atomic E-state index is -2.59. The Kier molecular flexibility index (Phi) is 2.65. The Labute approximate surface area is 106 Å². The fraction of sp³-hybridized carbons (Fsp3) is 0.364. The van der Waals surface area contributed by atoms with E-state index in [-0.39, 0.29) is 24.7 Å². The van der Waals surface area contributed by atoms with Crippen LogP contribution in [0.15, 0.2) is 18.3 Å². The molecule has 0 amide bonds. The highest BCUT2D eigenvalue weighted by Crippen LogP contribution is 2.47. The molecular formula is C11H10F3N5. The predicted molar refractivity (Wildman–Crippen MR) is 60.8 cm³/mol. The number of pyridine rings is 1. The van der Waals surface area contributed by atoms with Crippen LogP contribution in [0, 0.1) is 5.95 Å². The normalized spacial score (nSPS) is 18.1. The number of hydrogen-bond acceptors (Lipinski definition) is 4. The number of halogens is 3. The summed E-state index contributed by atoms with van der Waals surface area (Å²) in [7, 11) is 0. The lowest BCUT2D eigenvalue weighted by molar-refractivity contribution is -0.0884. The number of H-pyrrole nitrogens is 1. The Balaban J connectivity index is 1.67. The van der Waals surface area contributed by atoms with Crippen LogP contribution in [0.3, 0.4) is 0 Å². The summed E-state index contributed by atoms with van der Waals surface area (Å²) in [5, 5.41) is 9.30. The van der Waals surface area contributed by atoms with Gasteiger partial charge in [0.1, 0.15) is 5.82 Å². The van der Waals surface area contributed by atoms with E-state index in [0.717, 1.165) is 0 Å². The number of rotatable bonds is 3. The molecule has 0 atom stereocenters. The zero-order chi connectivity index (χ0) is 13.5. The summed E-state index contributed by atoms with van der Waals surface area (Å²) in [6, 6.07) is 2.68. The molecule has 0 saturated heterocycles. The molecule has 8 heteroatoms. The van der Waals surface area contributed by atoms with Crippen molar-refractivity contribution in [3.63, 3.8) is 0 Å². The molecule has 2 aromatic rings. The van der Waals surface area contributed by atoms with Gasteiger partial charge in [-0.3, -0.25) is 5.10 Å². The molecule has 100 valence electrons. The lowest BCUT2D eigenvalue weighted by Crippen LogP contribution is -2.34. The highest BCUT2D eigenvalue weighted by atomic mass is 19.3. The van der Waals surface area contributed by atoms with Crippen molar-refractivity contribution in [3.05, 3.63) is 30.1 Å².